The highest BCUT2D eigenvalue weighted by Crippen LogP contribution is 2.38. The first-order valence-electron chi connectivity index (χ1n) is 7.44. The van der Waals surface area contributed by atoms with Crippen molar-refractivity contribution >= 4 is 28.1 Å². The van der Waals surface area contributed by atoms with Gasteiger partial charge in [-0.25, -0.2) is 13.1 Å². The molecule has 3 rings (SSSR count). The Morgan fingerprint density at radius 1 is 1.24 bits per heavy atom. The molecular formula is C14H18ClN3O6S. The summed E-state index contributed by atoms with van der Waals surface area (Å²) in [6.07, 6.45) is 2.63. The van der Waals surface area contributed by atoms with Crippen molar-refractivity contribution in [3.8, 4) is 11.5 Å². The van der Waals surface area contributed by atoms with Gasteiger partial charge in [-0.1, -0.05) is 11.6 Å². The average Bonchev–Trinajstić information content (AvgIpc) is 2.60. The van der Waals surface area contributed by atoms with Crippen molar-refractivity contribution in [1.29, 1.82) is 0 Å². The van der Waals surface area contributed by atoms with E-state index in [1.165, 1.54) is 0 Å². The smallest absolute Gasteiger partial charge is 0.293 e. The van der Waals surface area contributed by atoms with E-state index in [-0.39, 0.29) is 43.7 Å². The van der Waals surface area contributed by atoms with E-state index in [2.05, 4.69) is 10.0 Å². The molecule has 0 bridgehead atoms. The molecule has 1 aromatic carbocycles. The van der Waals surface area contributed by atoms with Crippen LogP contribution in [0.25, 0.3) is 0 Å². The molecule has 0 unspecified atom stereocenters. The quantitative estimate of drug-likeness (QED) is 0.436. The Morgan fingerprint density at radius 3 is 2.52 bits per heavy atom. The zero-order chi connectivity index (χ0) is 17.2. The Balaban J connectivity index is 0.00000225. The minimum absolute atomic E-state index is 0. The third-order valence-corrected chi connectivity index (χ3v) is 5.19. The number of rotatable bonds is 5. The summed E-state index contributed by atoms with van der Waals surface area (Å²) in [4.78, 5) is 10.1. The van der Waals surface area contributed by atoms with Gasteiger partial charge in [0, 0.05) is 19.2 Å². The number of ether oxygens (including phenoxy) is 2. The zero-order valence-electron chi connectivity index (χ0n) is 13.2. The van der Waals surface area contributed by atoms with E-state index in [1.807, 2.05) is 6.08 Å². The van der Waals surface area contributed by atoms with Gasteiger partial charge in [-0.15, -0.1) is 12.4 Å². The van der Waals surface area contributed by atoms with Crippen LogP contribution in [0.15, 0.2) is 28.7 Å². The number of benzene rings is 1. The maximum Gasteiger partial charge on any atom is 0.293 e. The minimum atomic E-state index is -4.06. The predicted molar refractivity (Wildman–Crippen MR) is 92.1 cm³/mol. The van der Waals surface area contributed by atoms with E-state index in [9.17, 15) is 18.5 Å². The Bertz CT molecular complexity index is 796. The van der Waals surface area contributed by atoms with Crippen molar-refractivity contribution in [2.45, 2.75) is 11.3 Å². The summed E-state index contributed by atoms with van der Waals surface area (Å²) >= 11 is 0. The summed E-state index contributed by atoms with van der Waals surface area (Å²) in [7, 11) is -4.06. The number of nitrogens with one attached hydrogen (secondary N) is 2. The number of nitro benzene ring substituents is 1. The van der Waals surface area contributed by atoms with Crippen LogP contribution in [-0.2, 0) is 10.0 Å². The number of halogens is 1. The van der Waals surface area contributed by atoms with Crippen molar-refractivity contribution in [3.05, 3.63) is 33.9 Å². The highest BCUT2D eigenvalue weighted by atomic mass is 35.5. The van der Waals surface area contributed by atoms with E-state index in [0.29, 0.717) is 6.54 Å². The van der Waals surface area contributed by atoms with Crippen LogP contribution in [0.4, 0.5) is 5.69 Å². The maximum atomic E-state index is 12.5. The average molecular weight is 392 g/mol. The van der Waals surface area contributed by atoms with Crippen molar-refractivity contribution < 1.29 is 22.8 Å². The van der Waals surface area contributed by atoms with Gasteiger partial charge >= 0.3 is 0 Å². The molecule has 0 aromatic heterocycles. The molecule has 0 saturated heterocycles. The molecule has 11 heteroatoms. The summed E-state index contributed by atoms with van der Waals surface area (Å²) in [5, 5.41) is 14.4. The number of nitro groups is 1. The van der Waals surface area contributed by atoms with E-state index in [0.717, 1.165) is 30.7 Å². The number of hydrogen-bond acceptors (Lipinski definition) is 7. The third kappa shape index (κ3) is 4.40. The summed E-state index contributed by atoms with van der Waals surface area (Å²) in [5.41, 5.74) is 0.406. The fourth-order valence-electron chi connectivity index (χ4n) is 2.51. The third-order valence-electron chi connectivity index (χ3n) is 3.76. The highest BCUT2D eigenvalue weighted by molar-refractivity contribution is 7.89. The van der Waals surface area contributed by atoms with Gasteiger partial charge < -0.3 is 14.8 Å². The maximum absolute atomic E-state index is 12.5. The number of sulfonamides is 1. The van der Waals surface area contributed by atoms with Crippen LogP contribution in [0, 0.1) is 10.1 Å². The van der Waals surface area contributed by atoms with E-state index >= 15 is 0 Å². The SMILES string of the molecule is Cl.O=[N+]([O-])c1cc2c(cc1S(=O)(=O)NCC1=CCNCC1)OCCO2. The monoisotopic (exact) mass is 391 g/mol. The van der Waals surface area contributed by atoms with Gasteiger partial charge in [-0.05, 0) is 13.0 Å². The Labute approximate surface area is 151 Å². The van der Waals surface area contributed by atoms with E-state index in [1.54, 1.807) is 0 Å². The fourth-order valence-corrected chi connectivity index (χ4v) is 3.71. The Hall–Kier alpha value is -1.88. The molecule has 0 fully saturated rings. The standard InChI is InChI=1S/C14H17N3O6S.ClH/c18-17(19)11-7-12-13(23-6-5-22-12)8-14(11)24(20,21)16-9-10-1-3-15-4-2-10;/h1,7-8,15-16H,2-6,9H2;1H. The molecule has 0 aliphatic carbocycles. The van der Waals surface area contributed by atoms with Crippen LogP contribution in [0.3, 0.4) is 0 Å². The van der Waals surface area contributed by atoms with Gasteiger partial charge in [0.2, 0.25) is 10.0 Å². The molecule has 138 valence electrons. The number of nitrogens with zero attached hydrogens (tertiary/aromatic N) is 1. The zero-order valence-corrected chi connectivity index (χ0v) is 14.8. The lowest BCUT2D eigenvalue weighted by Gasteiger charge is -2.19. The molecule has 0 amide bonds. The first-order valence-corrected chi connectivity index (χ1v) is 8.92. The normalized spacial score (nSPS) is 16.6. The highest BCUT2D eigenvalue weighted by Gasteiger charge is 2.30. The summed E-state index contributed by atoms with van der Waals surface area (Å²) in [5.74, 6) is 0.362. The molecular weight excluding hydrogens is 374 g/mol. The molecule has 2 aliphatic heterocycles. The fraction of sp³-hybridized carbons (Fsp3) is 0.429. The molecule has 25 heavy (non-hydrogen) atoms. The molecule has 0 saturated carbocycles. The van der Waals surface area contributed by atoms with Crippen molar-refractivity contribution in [2.75, 3.05) is 32.8 Å². The predicted octanol–water partition coefficient (Wildman–Crippen LogP) is 0.986. The van der Waals surface area contributed by atoms with Gasteiger partial charge in [0.15, 0.2) is 16.4 Å². The first kappa shape index (κ1) is 19.4. The summed E-state index contributed by atoms with van der Waals surface area (Å²) < 4.78 is 38.1. The number of hydrogen-bond donors (Lipinski definition) is 2. The van der Waals surface area contributed by atoms with Crippen LogP contribution in [-0.4, -0.2) is 46.2 Å². The summed E-state index contributed by atoms with van der Waals surface area (Å²) in [6, 6.07) is 2.23. The van der Waals surface area contributed by atoms with Gasteiger partial charge in [0.1, 0.15) is 13.2 Å². The lowest BCUT2D eigenvalue weighted by molar-refractivity contribution is -0.388. The minimum Gasteiger partial charge on any atom is -0.486 e. The molecule has 2 heterocycles. The van der Waals surface area contributed by atoms with Crippen molar-refractivity contribution in [1.82, 2.24) is 10.0 Å². The molecule has 0 atom stereocenters. The molecule has 2 aliphatic rings. The van der Waals surface area contributed by atoms with Gasteiger partial charge in [0.25, 0.3) is 5.69 Å². The summed E-state index contributed by atoms with van der Waals surface area (Å²) in [6.45, 7) is 2.10. The van der Waals surface area contributed by atoms with E-state index in [4.69, 9.17) is 9.47 Å². The van der Waals surface area contributed by atoms with Crippen molar-refractivity contribution in [2.24, 2.45) is 0 Å². The molecule has 0 spiro atoms. The van der Waals surface area contributed by atoms with Crippen LogP contribution >= 0.6 is 12.4 Å². The molecule has 1 aromatic rings. The Morgan fingerprint density at radius 2 is 1.92 bits per heavy atom. The number of fused-ring (bicyclic) bond motifs is 1. The van der Waals surface area contributed by atoms with Crippen LogP contribution in [0.1, 0.15) is 6.42 Å². The van der Waals surface area contributed by atoms with Gasteiger partial charge in [0.05, 0.1) is 11.0 Å². The lowest BCUT2D eigenvalue weighted by atomic mass is 10.1. The Kier molecular flexibility index (Phi) is 6.22. The van der Waals surface area contributed by atoms with Crippen LogP contribution in [0.2, 0.25) is 0 Å². The van der Waals surface area contributed by atoms with Crippen LogP contribution < -0.4 is 19.5 Å². The van der Waals surface area contributed by atoms with Gasteiger partial charge in [-0.3, -0.25) is 10.1 Å². The second kappa shape index (κ2) is 8.00. The first-order chi connectivity index (χ1) is 11.5. The molecule has 2 N–H and O–H groups in total. The van der Waals surface area contributed by atoms with Crippen molar-refractivity contribution in [3.63, 3.8) is 0 Å². The topological polar surface area (TPSA) is 120 Å². The molecule has 0 radical (unpaired) electrons. The van der Waals surface area contributed by atoms with Crippen LogP contribution in [0.5, 0.6) is 11.5 Å². The van der Waals surface area contributed by atoms with E-state index < -0.39 is 25.5 Å². The second-order valence-corrected chi connectivity index (χ2v) is 7.10. The molecule has 9 nitrogen and oxygen atoms in total. The largest absolute Gasteiger partial charge is 0.486 e. The second-order valence-electron chi connectivity index (χ2n) is 5.36. The lowest BCUT2D eigenvalue weighted by Crippen LogP contribution is -2.30. The van der Waals surface area contributed by atoms with Gasteiger partial charge in [-0.2, -0.15) is 0 Å².